The second kappa shape index (κ2) is 6.06. The molecule has 0 amide bonds. The van der Waals surface area contributed by atoms with Gasteiger partial charge in [-0.25, -0.2) is 4.39 Å². The molecule has 0 aliphatic carbocycles. The first-order valence-electron chi connectivity index (χ1n) is 6.73. The highest BCUT2D eigenvalue weighted by Gasteiger charge is 2.39. The third-order valence-electron chi connectivity index (χ3n) is 3.81. The Kier molecular flexibility index (Phi) is 4.38. The van der Waals surface area contributed by atoms with E-state index in [4.69, 9.17) is 5.73 Å². The normalized spacial score (nSPS) is 13.7. The van der Waals surface area contributed by atoms with Crippen molar-refractivity contribution in [2.75, 3.05) is 6.54 Å². The molecule has 0 bridgehead atoms. The SMILES string of the molecule is Cc1ccc(C(CN)(Cc2ccccc2F)C(=O)O)cc1. The van der Waals surface area contributed by atoms with Crippen molar-refractivity contribution in [3.63, 3.8) is 0 Å². The van der Waals surface area contributed by atoms with Crippen molar-refractivity contribution in [1.29, 1.82) is 0 Å². The molecule has 0 saturated heterocycles. The van der Waals surface area contributed by atoms with Gasteiger partial charge in [0.15, 0.2) is 0 Å². The van der Waals surface area contributed by atoms with Crippen LogP contribution in [-0.2, 0) is 16.6 Å². The summed E-state index contributed by atoms with van der Waals surface area (Å²) in [5.74, 6) is -1.46. The van der Waals surface area contributed by atoms with E-state index in [2.05, 4.69) is 0 Å². The van der Waals surface area contributed by atoms with Gasteiger partial charge in [-0.1, -0.05) is 48.0 Å². The molecule has 110 valence electrons. The highest BCUT2D eigenvalue weighted by molar-refractivity contribution is 5.82. The molecular formula is C17H18FNO2. The van der Waals surface area contributed by atoms with Crippen LogP contribution in [0.15, 0.2) is 48.5 Å². The lowest BCUT2D eigenvalue weighted by Crippen LogP contribution is -2.45. The van der Waals surface area contributed by atoms with Crippen LogP contribution in [0.3, 0.4) is 0 Å². The first-order valence-corrected chi connectivity index (χ1v) is 6.73. The van der Waals surface area contributed by atoms with E-state index in [0.29, 0.717) is 11.1 Å². The average Bonchev–Trinajstić information content (AvgIpc) is 2.47. The lowest BCUT2D eigenvalue weighted by molar-refractivity contribution is -0.143. The molecule has 4 heteroatoms. The van der Waals surface area contributed by atoms with Gasteiger partial charge >= 0.3 is 5.97 Å². The summed E-state index contributed by atoms with van der Waals surface area (Å²) in [7, 11) is 0. The molecule has 2 aromatic rings. The third-order valence-corrected chi connectivity index (χ3v) is 3.81. The summed E-state index contributed by atoms with van der Waals surface area (Å²) in [5.41, 5.74) is 6.42. The molecule has 0 aromatic heterocycles. The summed E-state index contributed by atoms with van der Waals surface area (Å²) in [6.45, 7) is 1.82. The maximum Gasteiger partial charge on any atom is 0.315 e. The summed E-state index contributed by atoms with van der Waals surface area (Å²) in [6, 6.07) is 13.4. The van der Waals surface area contributed by atoms with Gasteiger partial charge in [-0.05, 0) is 30.5 Å². The third kappa shape index (κ3) is 2.95. The Balaban J connectivity index is 2.50. The molecule has 0 heterocycles. The van der Waals surface area contributed by atoms with Gasteiger partial charge in [0, 0.05) is 6.54 Å². The van der Waals surface area contributed by atoms with Crippen LogP contribution in [0.4, 0.5) is 4.39 Å². The van der Waals surface area contributed by atoms with Crippen molar-refractivity contribution in [2.24, 2.45) is 5.73 Å². The van der Waals surface area contributed by atoms with Crippen LogP contribution in [0, 0.1) is 12.7 Å². The Morgan fingerprint density at radius 1 is 1.19 bits per heavy atom. The van der Waals surface area contributed by atoms with Crippen LogP contribution < -0.4 is 5.73 Å². The van der Waals surface area contributed by atoms with Gasteiger partial charge in [0.05, 0.1) is 0 Å². The molecule has 0 saturated carbocycles. The first kappa shape index (κ1) is 15.2. The van der Waals surface area contributed by atoms with Crippen LogP contribution in [0.1, 0.15) is 16.7 Å². The molecular weight excluding hydrogens is 269 g/mol. The number of aliphatic carboxylic acids is 1. The highest BCUT2D eigenvalue weighted by Crippen LogP contribution is 2.29. The van der Waals surface area contributed by atoms with Gasteiger partial charge in [0.2, 0.25) is 0 Å². The molecule has 2 aromatic carbocycles. The van der Waals surface area contributed by atoms with E-state index in [9.17, 15) is 14.3 Å². The molecule has 0 radical (unpaired) electrons. The Hall–Kier alpha value is -2.20. The largest absolute Gasteiger partial charge is 0.481 e. The van der Waals surface area contributed by atoms with Gasteiger partial charge in [-0.3, -0.25) is 4.79 Å². The number of hydrogen-bond acceptors (Lipinski definition) is 2. The zero-order valence-electron chi connectivity index (χ0n) is 11.8. The standard InChI is InChI=1S/C17H18FNO2/c1-12-6-8-14(9-7-12)17(11-19,16(20)21)10-13-4-2-3-5-15(13)18/h2-9H,10-11,19H2,1H3,(H,20,21). The van der Waals surface area contributed by atoms with Crippen molar-refractivity contribution < 1.29 is 14.3 Å². The van der Waals surface area contributed by atoms with Crippen LogP contribution in [-0.4, -0.2) is 17.6 Å². The minimum Gasteiger partial charge on any atom is -0.481 e. The van der Waals surface area contributed by atoms with Gasteiger partial charge in [0.1, 0.15) is 11.2 Å². The molecule has 2 rings (SSSR count). The van der Waals surface area contributed by atoms with Gasteiger partial charge in [0.25, 0.3) is 0 Å². The second-order valence-corrected chi connectivity index (χ2v) is 5.23. The van der Waals surface area contributed by atoms with Crippen molar-refractivity contribution in [1.82, 2.24) is 0 Å². The Labute approximate surface area is 123 Å². The molecule has 0 aliphatic heterocycles. The number of carboxylic acid groups (broad SMARTS) is 1. The molecule has 21 heavy (non-hydrogen) atoms. The number of halogens is 1. The number of benzene rings is 2. The fourth-order valence-electron chi connectivity index (χ4n) is 2.42. The van der Waals surface area contributed by atoms with Crippen LogP contribution in [0.25, 0.3) is 0 Å². The quantitative estimate of drug-likeness (QED) is 0.888. The lowest BCUT2D eigenvalue weighted by Gasteiger charge is -2.29. The summed E-state index contributed by atoms with van der Waals surface area (Å²) in [6.07, 6.45) is 0.0224. The molecule has 3 N–H and O–H groups in total. The summed E-state index contributed by atoms with van der Waals surface area (Å²) in [4.78, 5) is 11.9. The Morgan fingerprint density at radius 2 is 1.81 bits per heavy atom. The molecule has 1 unspecified atom stereocenters. The molecule has 0 fully saturated rings. The average molecular weight is 287 g/mol. The predicted octanol–water partition coefficient (Wildman–Crippen LogP) is 2.66. The van der Waals surface area contributed by atoms with E-state index < -0.39 is 17.2 Å². The summed E-state index contributed by atoms with van der Waals surface area (Å²) in [5, 5.41) is 9.70. The van der Waals surface area contributed by atoms with E-state index in [-0.39, 0.29) is 13.0 Å². The topological polar surface area (TPSA) is 63.3 Å². The predicted molar refractivity (Wildman–Crippen MR) is 79.7 cm³/mol. The molecule has 0 spiro atoms. The van der Waals surface area contributed by atoms with Gasteiger partial charge < -0.3 is 10.8 Å². The van der Waals surface area contributed by atoms with E-state index in [1.54, 1.807) is 30.3 Å². The fourth-order valence-corrected chi connectivity index (χ4v) is 2.42. The van der Waals surface area contributed by atoms with Crippen LogP contribution in [0.5, 0.6) is 0 Å². The van der Waals surface area contributed by atoms with E-state index in [0.717, 1.165) is 5.56 Å². The molecule has 1 atom stereocenters. The monoisotopic (exact) mass is 287 g/mol. The van der Waals surface area contributed by atoms with Crippen molar-refractivity contribution in [3.05, 3.63) is 71.0 Å². The zero-order chi connectivity index (χ0) is 15.5. The number of nitrogens with two attached hydrogens (primary N) is 1. The smallest absolute Gasteiger partial charge is 0.315 e. The number of carboxylic acids is 1. The first-order chi connectivity index (χ1) is 9.99. The van der Waals surface area contributed by atoms with Crippen molar-refractivity contribution in [3.8, 4) is 0 Å². The lowest BCUT2D eigenvalue weighted by atomic mass is 9.75. The van der Waals surface area contributed by atoms with E-state index in [1.807, 2.05) is 19.1 Å². The number of rotatable bonds is 5. The fraction of sp³-hybridized carbons (Fsp3) is 0.235. The summed E-state index contributed by atoms with van der Waals surface area (Å²) >= 11 is 0. The number of aryl methyl sites for hydroxylation is 1. The number of hydrogen-bond donors (Lipinski definition) is 2. The minimum atomic E-state index is -1.32. The van der Waals surface area contributed by atoms with E-state index in [1.165, 1.54) is 6.07 Å². The van der Waals surface area contributed by atoms with Crippen LogP contribution in [0.2, 0.25) is 0 Å². The maximum atomic E-state index is 13.9. The highest BCUT2D eigenvalue weighted by atomic mass is 19.1. The minimum absolute atomic E-state index is 0.0224. The van der Waals surface area contributed by atoms with Crippen molar-refractivity contribution >= 4 is 5.97 Å². The maximum absolute atomic E-state index is 13.9. The van der Waals surface area contributed by atoms with Gasteiger partial charge in [-0.15, -0.1) is 0 Å². The zero-order valence-corrected chi connectivity index (χ0v) is 11.8. The van der Waals surface area contributed by atoms with Crippen molar-refractivity contribution in [2.45, 2.75) is 18.8 Å². The summed E-state index contributed by atoms with van der Waals surface area (Å²) < 4.78 is 13.9. The van der Waals surface area contributed by atoms with E-state index >= 15 is 0 Å². The van der Waals surface area contributed by atoms with Gasteiger partial charge in [-0.2, -0.15) is 0 Å². The van der Waals surface area contributed by atoms with Crippen LogP contribution >= 0.6 is 0 Å². The number of carbonyl (C=O) groups is 1. The Morgan fingerprint density at radius 3 is 2.33 bits per heavy atom. The molecule has 3 nitrogen and oxygen atoms in total. The second-order valence-electron chi connectivity index (χ2n) is 5.23. The Bertz CT molecular complexity index is 639. The molecule has 0 aliphatic rings.